The first kappa shape index (κ1) is 14.4. The van der Waals surface area contributed by atoms with Crippen LogP contribution in [0, 0.1) is 10.1 Å². The van der Waals surface area contributed by atoms with Gasteiger partial charge in [-0.15, -0.1) is 0 Å². The van der Waals surface area contributed by atoms with Gasteiger partial charge in [0, 0.05) is 6.07 Å². The molecule has 2 N–H and O–H groups in total. The maximum Gasteiger partial charge on any atom is 0.326 e. The van der Waals surface area contributed by atoms with E-state index < -0.39 is 16.9 Å². The number of benzene rings is 1. The van der Waals surface area contributed by atoms with E-state index in [4.69, 9.17) is 10.5 Å². The molecule has 18 heavy (non-hydrogen) atoms. The van der Waals surface area contributed by atoms with Gasteiger partial charge in [0.05, 0.1) is 12.0 Å². The minimum absolute atomic E-state index is 0.126. The number of esters is 1. The first-order valence-corrected chi connectivity index (χ1v) is 5.65. The van der Waals surface area contributed by atoms with E-state index in [1.807, 2.05) is 0 Å². The lowest BCUT2D eigenvalue weighted by molar-refractivity contribution is -0.385. The van der Waals surface area contributed by atoms with Crippen LogP contribution in [0.3, 0.4) is 0 Å². The summed E-state index contributed by atoms with van der Waals surface area (Å²) in [5.41, 5.74) is 5.35. The molecule has 98 valence electrons. The highest BCUT2D eigenvalue weighted by Crippen LogP contribution is 2.33. The number of nitro benzene ring substituents is 1. The third kappa shape index (κ3) is 3.41. The summed E-state index contributed by atoms with van der Waals surface area (Å²) in [6.07, 6.45) is 0. The molecule has 0 aliphatic carbocycles. The van der Waals surface area contributed by atoms with Crippen molar-refractivity contribution in [3.8, 4) is 5.75 Å². The van der Waals surface area contributed by atoms with Gasteiger partial charge in [0.1, 0.15) is 22.9 Å². The summed E-state index contributed by atoms with van der Waals surface area (Å²) in [6, 6.07) is 3.39. The maximum absolute atomic E-state index is 11.0. The zero-order valence-corrected chi connectivity index (χ0v) is 11.0. The van der Waals surface area contributed by atoms with E-state index in [9.17, 15) is 14.9 Å². The Morgan fingerprint density at radius 3 is 2.83 bits per heavy atom. The average molecular weight is 319 g/mol. The molecule has 0 saturated carbocycles. The van der Waals surface area contributed by atoms with E-state index in [1.54, 1.807) is 0 Å². The average Bonchev–Trinajstić information content (AvgIpc) is 2.35. The second-order valence-corrected chi connectivity index (χ2v) is 4.08. The Kier molecular flexibility index (Phi) is 5.05. The predicted octanol–water partition coefficient (Wildman–Crippen LogP) is 1.24. The van der Waals surface area contributed by atoms with Gasteiger partial charge in [-0.25, -0.2) is 0 Å². The first-order valence-electron chi connectivity index (χ1n) is 4.86. The number of hydrogen-bond donors (Lipinski definition) is 1. The van der Waals surface area contributed by atoms with Crippen LogP contribution in [0.2, 0.25) is 0 Å². The highest BCUT2D eigenvalue weighted by Gasteiger charge is 2.19. The molecule has 0 aromatic heterocycles. The summed E-state index contributed by atoms with van der Waals surface area (Å²) in [7, 11) is 1.21. The molecule has 0 radical (unpaired) electrons. The van der Waals surface area contributed by atoms with E-state index in [-0.39, 0.29) is 22.5 Å². The molecule has 0 saturated heterocycles. The van der Waals surface area contributed by atoms with Crippen molar-refractivity contribution >= 4 is 27.6 Å². The maximum atomic E-state index is 11.0. The summed E-state index contributed by atoms with van der Waals surface area (Å²) in [4.78, 5) is 21.2. The molecule has 0 fully saturated rings. The number of hydrogen-bond acceptors (Lipinski definition) is 6. The Morgan fingerprint density at radius 2 is 2.28 bits per heavy atom. The SMILES string of the molecule is COC(=O)C(N)COc1cccc([N+](=O)[O-])c1Br. The smallest absolute Gasteiger partial charge is 0.326 e. The van der Waals surface area contributed by atoms with Crippen molar-refractivity contribution in [2.24, 2.45) is 5.73 Å². The number of carbonyl (C=O) groups is 1. The Morgan fingerprint density at radius 1 is 1.61 bits per heavy atom. The summed E-state index contributed by atoms with van der Waals surface area (Å²) in [6.45, 7) is -0.132. The molecule has 1 aromatic rings. The predicted molar refractivity (Wildman–Crippen MR) is 66.3 cm³/mol. The van der Waals surface area contributed by atoms with E-state index in [1.165, 1.54) is 25.3 Å². The number of halogens is 1. The van der Waals surface area contributed by atoms with Gasteiger partial charge in [-0.2, -0.15) is 0 Å². The minimum atomic E-state index is -0.943. The molecule has 0 bridgehead atoms. The number of rotatable bonds is 5. The van der Waals surface area contributed by atoms with Crippen LogP contribution in [-0.4, -0.2) is 30.7 Å². The van der Waals surface area contributed by atoms with Crippen LogP contribution in [-0.2, 0) is 9.53 Å². The standard InChI is InChI=1S/C10H11BrN2O5/c1-17-10(14)6(12)5-18-8-4-2-3-7(9(8)11)13(15)16/h2-4,6H,5,12H2,1H3. The molecule has 1 aromatic carbocycles. The van der Waals surface area contributed by atoms with Crippen LogP contribution < -0.4 is 10.5 Å². The summed E-state index contributed by atoms with van der Waals surface area (Å²) >= 11 is 3.06. The van der Waals surface area contributed by atoms with Crippen molar-refractivity contribution in [3.05, 3.63) is 32.8 Å². The van der Waals surface area contributed by atoms with Crippen LogP contribution in [0.25, 0.3) is 0 Å². The molecule has 0 aliphatic rings. The van der Waals surface area contributed by atoms with E-state index in [0.29, 0.717) is 0 Å². The highest BCUT2D eigenvalue weighted by molar-refractivity contribution is 9.10. The van der Waals surface area contributed by atoms with Crippen LogP contribution in [0.4, 0.5) is 5.69 Å². The molecule has 8 heteroatoms. The minimum Gasteiger partial charge on any atom is -0.490 e. The summed E-state index contributed by atoms with van der Waals surface area (Å²) < 4.78 is 9.86. The summed E-state index contributed by atoms with van der Waals surface area (Å²) in [5, 5.41) is 10.7. The van der Waals surface area contributed by atoms with Gasteiger partial charge in [-0.05, 0) is 22.0 Å². The van der Waals surface area contributed by atoms with Crippen molar-refractivity contribution in [3.63, 3.8) is 0 Å². The zero-order chi connectivity index (χ0) is 13.7. The Bertz CT molecular complexity index is 466. The topological polar surface area (TPSA) is 105 Å². The van der Waals surface area contributed by atoms with Crippen molar-refractivity contribution in [1.82, 2.24) is 0 Å². The Labute approximate surface area is 111 Å². The molecule has 7 nitrogen and oxygen atoms in total. The lowest BCUT2D eigenvalue weighted by Crippen LogP contribution is -2.37. The quantitative estimate of drug-likeness (QED) is 0.497. The van der Waals surface area contributed by atoms with Crippen molar-refractivity contribution in [2.75, 3.05) is 13.7 Å². The number of carbonyl (C=O) groups excluding carboxylic acids is 1. The molecule has 0 spiro atoms. The summed E-state index contributed by atoms with van der Waals surface area (Å²) in [5.74, 6) is -0.375. The normalized spacial score (nSPS) is 11.7. The Balaban J connectivity index is 2.77. The fraction of sp³-hybridized carbons (Fsp3) is 0.300. The monoisotopic (exact) mass is 318 g/mol. The second-order valence-electron chi connectivity index (χ2n) is 3.29. The van der Waals surface area contributed by atoms with Crippen LogP contribution >= 0.6 is 15.9 Å². The molecule has 0 aliphatic heterocycles. The van der Waals surface area contributed by atoms with E-state index in [0.717, 1.165) is 0 Å². The highest BCUT2D eigenvalue weighted by atomic mass is 79.9. The second kappa shape index (κ2) is 6.31. The van der Waals surface area contributed by atoms with Crippen LogP contribution in [0.1, 0.15) is 0 Å². The third-order valence-corrected chi connectivity index (χ3v) is 2.86. The van der Waals surface area contributed by atoms with Gasteiger partial charge >= 0.3 is 5.97 Å². The lowest BCUT2D eigenvalue weighted by atomic mass is 10.3. The molecule has 1 atom stereocenters. The van der Waals surface area contributed by atoms with Gasteiger partial charge in [-0.3, -0.25) is 14.9 Å². The molecular formula is C10H11BrN2O5. The third-order valence-electron chi connectivity index (χ3n) is 2.06. The Hall–Kier alpha value is -1.67. The molecule has 0 heterocycles. The van der Waals surface area contributed by atoms with E-state index >= 15 is 0 Å². The number of nitrogens with two attached hydrogens (primary N) is 1. The first-order chi connectivity index (χ1) is 8.47. The van der Waals surface area contributed by atoms with Crippen molar-refractivity contribution in [2.45, 2.75) is 6.04 Å². The van der Waals surface area contributed by atoms with Gasteiger partial charge in [-0.1, -0.05) is 6.07 Å². The van der Waals surface area contributed by atoms with E-state index in [2.05, 4.69) is 20.7 Å². The van der Waals surface area contributed by atoms with Gasteiger partial charge in [0.25, 0.3) is 5.69 Å². The zero-order valence-electron chi connectivity index (χ0n) is 9.46. The molecular weight excluding hydrogens is 308 g/mol. The van der Waals surface area contributed by atoms with Crippen molar-refractivity contribution in [1.29, 1.82) is 0 Å². The fourth-order valence-corrected chi connectivity index (χ4v) is 1.67. The number of nitrogens with zero attached hydrogens (tertiary/aromatic N) is 1. The van der Waals surface area contributed by atoms with Crippen LogP contribution in [0.5, 0.6) is 5.75 Å². The van der Waals surface area contributed by atoms with Crippen LogP contribution in [0.15, 0.2) is 22.7 Å². The molecule has 0 amide bonds. The van der Waals surface area contributed by atoms with Gasteiger partial charge in [0.2, 0.25) is 0 Å². The molecule has 1 rings (SSSR count). The van der Waals surface area contributed by atoms with Crippen molar-refractivity contribution < 1.29 is 19.2 Å². The van der Waals surface area contributed by atoms with Gasteiger partial charge < -0.3 is 15.2 Å². The number of ether oxygens (including phenoxy) is 2. The molecule has 1 unspecified atom stereocenters. The number of nitro groups is 1. The van der Waals surface area contributed by atoms with Gasteiger partial charge in [0.15, 0.2) is 0 Å². The largest absolute Gasteiger partial charge is 0.490 e. The lowest BCUT2D eigenvalue weighted by Gasteiger charge is -2.12. The number of methoxy groups -OCH3 is 1. The fourth-order valence-electron chi connectivity index (χ4n) is 1.15.